The van der Waals surface area contributed by atoms with Crippen LogP contribution in [0.15, 0.2) is 36.4 Å². The van der Waals surface area contributed by atoms with Gasteiger partial charge in [-0.3, -0.25) is 15.2 Å². The number of aryl methyl sites for hydroxylation is 2. The molecule has 152 valence electrons. The number of benzene rings is 2. The lowest BCUT2D eigenvalue weighted by atomic mass is 10.1. The Balaban J connectivity index is 1.62. The number of methoxy groups -OCH3 is 3. The average Bonchev–Trinajstić information content (AvgIpc) is 3.20. The molecule has 2 N–H and O–H groups in total. The number of carbonyl (C=O) groups is 1. The van der Waals surface area contributed by atoms with Gasteiger partial charge in [-0.15, -0.1) is 5.10 Å². The van der Waals surface area contributed by atoms with Gasteiger partial charge in [0.2, 0.25) is 17.6 Å². The number of H-pyrrole nitrogens is 1. The molecule has 8 heteroatoms. The van der Waals surface area contributed by atoms with Crippen molar-refractivity contribution in [3.05, 3.63) is 47.5 Å². The molecule has 8 nitrogen and oxygen atoms in total. The second kappa shape index (κ2) is 9.09. The van der Waals surface area contributed by atoms with Crippen molar-refractivity contribution in [1.29, 1.82) is 0 Å². The molecule has 1 aromatic heterocycles. The van der Waals surface area contributed by atoms with Gasteiger partial charge in [0.15, 0.2) is 17.3 Å². The summed E-state index contributed by atoms with van der Waals surface area (Å²) >= 11 is 0. The summed E-state index contributed by atoms with van der Waals surface area (Å²) in [6, 6.07) is 11.5. The van der Waals surface area contributed by atoms with Crippen molar-refractivity contribution < 1.29 is 19.0 Å². The fourth-order valence-electron chi connectivity index (χ4n) is 2.88. The van der Waals surface area contributed by atoms with Gasteiger partial charge in [0, 0.05) is 12.0 Å². The van der Waals surface area contributed by atoms with Gasteiger partial charge in [0.25, 0.3) is 0 Å². The Morgan fingerprint density at radius 1 is 1.03 bits per heavy atom. The van der Waals surface area contributed by atoms with Gasteiger partial charge in [0.1, 0.15) is 0 Å². The fourth-order valence-corrected chi connectivity index (χ4v) is 2.88. The lowest BCUT2D eigenvalue weighted by Crippen LogP contribution is -2.13. The molecule has 3 rings (SSSR count). The first-order chi connectivity index (χ1) is 14.0. The van der Waals surface area contributed by atoms with Crippen molar-refractivity contribution in [1.82, 2.24) is 15.2 Å². The van der Waals surface area contributed by atoms with Crippen molar-refractivity contribution in [2.24, 2.45) is 0 Å². The topological polar surface area (TPSA) is 98.4 Å². The number of carbonyl (C=O) groups excluding carboxylic acids is 1. The molecule has 3 aromatic rings. The van der Waals surface area contributed by atoms with E-state index in [0.29, 0.717) is 29.5 Å². The van der Waals surface area contributed by atoms with Crippen LogP contribution in [0.1, 0.15) is 17.5 Å². The number of hydrogen-bond acceptors (Lipinski definition) is 6. The summed E-state index contributed by atoms with van der Waals surface area (Å²) in [5.41, 5.74) is 2.96. The standard InChI is InChI=1S/C21H24N4O4/c1-13-5-8-15(9-6-13)20-23-21(25-24-20)22-18(26)10-7-14-11-16(27-2)19(29-4)17(12-14)28-3/h5-6,8-9,11-12H,7,10H2,1-4H3,(H2,22,23,24,25,26). The van der Waals surface area contributed by atoms with Gasteiger partial charge in [0.05, 0.1) is 21.3 Å². The monoisotopic (exact) mass is 396 g/mol. The number of ether oxygens (including phenoxy) is 3. The predicted octanol–water partition coefficient (Wildman–Crippen LogP) is 3.38. The predicted molar refractivity (Wildman–Crippen MR) is 110 cm³/mol. The van der Waals surface area contributed by atoms with Crippen LogP contribution < -0.4 is 19.5 Å². The summed E-state index contributed by atoms with van der Waals surface area (Å²) in [4.78, 5) is 16.6. The zero-order chi connectivity index (χ0) is 20.8. The summed E-state index contributed by atoms with van der Waals surface area (Å²) in [5, 5.41) is 9.62. The quantitative estimate of drug-likeness (QED) is 0.606. The van der Waals surface area contributed by atoms with Crippen LogP contribution in [0, 0.1) is 6.92 Å². The maximum Gasteiger partial charge on any atom is 0.249 e. The minimum atomic E-state index is -0.187. The van der Waals surface area contributed by atoms with Gasteiger partial charge in [-0.1, -0.05) is 29.8 Å². The minimum absolute atomic E-state index is 0.187. The number of hydrogen-bond donors (Lipinski definition) is 2. The molecule has 0 aliphatic carbocycles. The number of rotatable bonds is 8. The highest BCUT2D eigenvalue weighted by molar-refractivity contribution is 5.89. The van der Waals surface area contributed by atoms with Crippen LogP contribution in [0.25, 0.3) is 11.4 Å². The number of amides is 1. The normalized spacial score (nSPS) is 10.5. The largest absolute Gasteiger partial charge is 0.493 e. The van der Waals surface area contributed by atoms with Crippen molar-refractivity contribution in [2.75, 3.05) is 26.6 Å². The second-order valence-corrected chi connectivity index (χ2v) is 6.46. The van der Waals surface area contributed by atoms with E-state index < -0.39 is 0 Å². The first-order valence-corrected chi connectivity index (χ1v) is 9.12. The van der Waals surface area contributed by atoms with Gasteiger partial charge in [-0.2, -0.15) is 4.98 Å². The van der Waals surface area contributed by atoms with Crippen LogP contribution in [-0.4, -0.2) is 42.4 Å². The molecule has 0 fully saturated rings. The van der Waals surface area contributed by atoms with E-state index in [0.717, 1.165) is 16.7 Å². The van der Waals surface area contributed by atoms with Crippen LogP contribution >= 0.6 is 0 Å². The number of nitrogens with zero attached hydrogens (tertiary/aromatic N) is 2. The van der Waals surface area contributed by atoms with Gasteiger partial charge >= 0.3 is 0 Å². The number of aromatic nitrogens is 3. The third kappa shape index (κ3) is 4.84. The summed E-state index contributed by atoms with van der Waals surface area (Å²) < 4.78 is 16.0. The van der Waals surface area contributed by atoms with Crippen LogP contribution in [0.3, 0.4) is 0 Å². The molecular formula is C21H24N4O4. The Labute approximate surface area is 169 Å². The van der Waals surface area contributed by atoms with Crippen LogP contribution in [0.4, 0.5) is 5.95 Å². The molecule has 0 atom stereocenters. The molecule has 1 heterocycles. The van der Waals surface area contributed by atoms with E-state index >= 15 is 0 Å². The number of nitrogens with one attached hydrogen (secondary N) is 2. The van der Waals surface area contributed by atoms with Crippen LogP contribution in [-0.2, 0) is 11.2 Å². The highest BCUT2D eigenvalue weighted by Gasteiger charge is 2.14. The van der Waals surface area contributed by atoms with Crippen molar-refractivity contribution >= 4 is 11.9 Å². The Bertz CT molecular complexity index is 958. The molecular weight excluding hydrogens is 372 g/mol. The first-order valence-electron chi connectivity index (χ1n) is 9.12. The third-order valence-electron chi connectivity index (χ3n) is 4.43. The molecule has 0 unspecified atom stereocenters. The Hall–Kier alpha value is -3.55. The maximum absolute atomic E-state index is 12.3. The average molecular weight is 396 g/mol. The lowest BCUT2D eigenvalue weighted by molar-refractivity contribution is -0.116. The molecule has 0 saturated carbocycles. The lowest BCUT2D eigenvalue weighted by Gasteiger charge is -2.14. The molecule has 2 aromatic carbocycles. The van der Waals surface area contributed by atoms with Crippen molar-refractivity contribution in [2.45, 2.75) is 19.8 Å². The second-order valence-electron chi connectivity index (χ2n) is 6.46. The highest BCUT2D eigenvalue weighted by Crippen LogP contribution is 2.38. The van der Waals surface area contributed by atoms with E-state index in [2.05, 4.69) is 20.5 Å². The van der Waals surface area contributed by atoms with E-state index in [1.165, 1.54) is 0 Å². The van der Waals surface area contributed by atoms with Gasteiger partial charge in [-0.25, -0.2) is 0 Å². The zero-order valence-electron chi connectivity index (χ0n) is 16.9. The summed E-state index contributed by atoms with van der Waals surface area (Å²) in [7, 11) is 4.67. The van der Waals surface area contributed by atoms with Crippen LogP contribution in [0.5, 0.6) is 17.2 Å². The fraction of sp³-hybridized carbons (Fsp3) is 0.286. The van der Waals surface area contributed by atoms with E-state index in [4.69, 9.17) is 14.2 Å². The van der Waals surface area contributed by atoms with E-state index in [1.54, 1.807) is 21.3 Å². The molecule has 0 spiro atoms. The first kappa shape index (κ1) is 20.2. The van der Waals surface area contributed by atoms with Crippen LogP contribution in [0.2, 0.25) is 0 Å². The van der Waals surface area contributed by atoms with E-state index in [1.807, 2.05) is 43.3 Å². The smallest absolute Gasteiger partial charge is 0.249 e. The SMILES string of the molecule is COc1cc(CCC(=O)Nc2n[nH]c(-c3ccc(C)cc3)n2)cc(OC)c1OC. The number of aromatic amines is 1. The maximum atomic E-state index is 12.3. The molecule has 0 radical (unpaired) electrons. The summed E-state index contributed by atoms with van der Waals surface area (Å²) in [5.74, 6) is 2.29. The Morgan fingerprint density at radius 2 is 1.69 bits per heavy atom. The molecule has 1 amide bonds. The highest BCUT2D eigenvalue weighted by atomic mass is 16.5. The van der Waals surface area contributed by atoms with Crippen molar-refractivity contribution in [3.63, 3.8) is 0 Å². The molecule has 0 aliphatic heterocycles. The van der Waals surface area contributed by atoms with E-state index in [-0.39, 0.29) is 18.3 Å². The summed E-state index contributed by atoms with van der Waals surface area (Å²) in [6.07, 6.45) is 0.755. The van der Waals surface area contributed by atoms with Gasteiger partial charge in [-0.05, 0) is 31.0 Å². The Morgan fingerprint density at radius 3 is 2.28 bits per heavy atom. The zero-order valence-corrected chi connectivity index (χ0v) is 16.9. The van der Waals surface area contributed by atoms with E-state index in [9.17, 15) is 4.79 Å². The Kier molecular flexibility index (Phi) is 6.33. The minimum Gasteiger partial charge on any atom is -0.493 e. The molecule has 0 bridgehead atoms. The molecule has 0 saturated heterocycles. The number of anilines is 1. The molecule has 29 heavy (non-hydrogen) atoms. The molecule has 0 aliphatic rings. The van der Waals surface area contributed by atoms with Crippen molar-refractivity contribution in [3.8, 4) is 28.6 Å². The third-order valence-corrected chi connectivity index (χ3v) is 4.43. The van der Waals surface area contributed by atoms with Gasteiger partial charge < -0.3 is 14.2 Å². The summed E-state index contributed by atoms with van der Waals surface area (Å²) in [6.45, 7) is 2.02.